The highest BCUT2D eigenvalue weighted by Gasteiger charge is 2.23. The van der Waals surface area contributed by atoms with Crippen LogP contribution in [0.15, 0.2) is 53.7 Å². The number of non-ortho nitro benzene ring substituents is 1. The lowest BCUT2D eigenvalue weighted by atomic mass is 10.0. The number of oxime groups is 1. The largest absolute Gasteiger partial charge is 0.331 e. The van der Waals surface area contributed by atoms with Crippen LogP contribution >= 0.6 is 0 Å². The Morgan fingerprint density at radius 1 is 1.07 bits per heavy atom. The number of carbonyl (C=O) groups excluding carboxylic acids is 2. The summed E-state index contributed by atoms with van der Waals surface area (Å²) in [6.07, 6.45) is 0. The average Bonchev–Trinajstić information content (AvgIpc) is 2.97. The first-order chi connectivity index (χ1) is 13.3. The van der Waals surface area contributed by atoms with Crippen molar-refractivity contribution in [2.75, 3.05) is 0 Å². The Morgan fingerprint density at radius 3 is 2.32 bits per heavy atom. The van der Waals surface area contributed by atoms with Crippen molar-refractivity contribution in [1.29, 1.82) is 0 Å². The van der Waals surface area contributed by atoms with Gasteiger partial charge in [0.05, 0.1) is 16.0 Å². The molecule has 0 spiro atoms. The lowest BCUT2D eigenvalue weighted by Crippen LogP contribution is -2.13. The number of hydrogen-bond donors (Lipinski definition) is 0. The molecule has 0 aliphatic rings. The topological polar surface area (TPSA) is 104 Å². The number of nitro benzene ring substituents is 1. The number of carbonyl (C=O) groups is 2. The third-order valence-electron chi connectivity index (χ3n) is 4.30. The second kappa shape index (κ2) is 7.43. The molecule has 0 fully saturated rings. The van der Waals surface area contributed by atoms with Gasteiger partial charge in [-0.2, -0.15) is 0 Å². The quantitative estimate of drug-likeness (QED) is 0.219. The Bertz CT molecular complexity index is 1130. The van der Waals surface area contributed by atoms with Crippen molar-refractivity contribution in [3.63, 3.8) is 0 Å². The molecule has 0 N–H and O–H groups in total. The molecule has 0 bridgehead atoms. The van der Waals surface area contributed by atoms with Crippen molar-refractivity contribution >= 4 is 34.1 Å². The van der Waals surface area contributed by atoms with Crippen molar-refractivity contribution in [2.24, 2.45) is 5.16 Å². The molecule has 1 heterocycles. The molecule has 28 heavy (non-hydrogen) atoms. The number of hydrogen-bond acceptors (Lipinski definition) is 6. The molecule has 0 saturated carbocycles. The Kier molecular flexibility index (Phi) is 5.04. The third-order valence-corrected chi connectivity index (χ3v) is 4.30. The summed E-state index contributed by atoms with van der Waals surface area (Å²) in [6.45, 7) is 4.46. The smallest absolute Gasteiger partial charge is 0.318 e. The van der Waals surface area contributed by atoms with Crippen molar-refractivity contribution in [3.05, 3.63) is 69.9 Å². The van der Waals surface area contributed by atoms with E-state index in [4.69, 9.17) is 0 Å². The summed E-state index contributed by atoms with van der Waals surface area (Å²) in [7, 11) is 0. The highest BCUT2D eigenvalue weighted by atomic mass is 16.7. The van der Waals surface area contributed by atoms with Crippen LogP contribution < -0.4 is 0 Å². The molecule has 0 saturated heterocycles. The number of nitro groups is 1. The van der Waals surface area contributed by atoms with Gasteiger partial charge in [-0.1, -0.05) is 23.4 Å². The molecule has 142 valence electrons. The average molecular weight is 379 g/mol. The van der Waals surface area contributed by atoms with E-state index in [9.17, 15) is 19.7 Å². The SMILES string of the molecule is CC(=O)O/N=C(\C)C(=O)c1c(C)n(-c2ccc([N+](=O)[O-])cc2)c2ccccc12. The van der Waals surface area contributed by atoms with Gasteiger partial charge in [0.2, 0.25) is 5.78 Å². The number of nitrogens with zero attached hydrogens (tertiary/aromatic N) is 3. The molecule has 8 nitrogen and oxygen atoms in total. The molecule has 0 radical (unpaired) electrons. The van der Waals surface area contributed by atoms with Crippen LogP contribution in [0.2, 0.25) is 0 Å². The molecule has 3 rings (SSSR count). The van der Waals surface area contributed by atoms with E-state index in [1.165, 1.54) is 26.0 Å². The number of para-hydroxylation sites is 1. The maximum atomic E-state index is 13.0. The summed E-state index contributed by atoms with van der Waals surface area (Å²) < 4.78 is 1.85. The lowest BCUT2D eigenvalue weighted by Gasteiger charge is -2.08. The minimum absolute atomic E-state index is 0.0153. The number of aromatic nitrogens is 1. The molecule has 0 aliphatic heterocycles. The van der Waals surface area contributed by atoms with Crippen molar-refractivity contribution < 1.29 is 19.3 Å². The number of rotatable bonds is 5. The van der Waals surface area contributed by atoms with E-state index in [0.717, 1.165) is 5.52 Å². The van der Waals surface area contributed by atoms with Gasteiger partial charge in [0.25, 0.3) is 5.69 Å². The fourth-order valence-electron chi connectivity index (χ4n) is 3.07. The van der Waals surface area contributed by atoms with Crippen molar-refractivity contribution in [1.82, 2.24) is 4.57 Å². The third kappa shape index (κ3) is 3.39. The molecule has 1 aromatic heterocycles. The van der Waals surface area contributed by atoms with E-state index in [2.05, 4.69) is 9.99 Å². The summed E-state index contributed by atoms with van der Waals surface area (Å²) in [6, 6.07) is 13.4. The van der Waals surface area contributed by atoms with Gasteiger partial charge >= 0.3 is 5.97 Å². The first kappa shape index (κ1) is 19.0. The molecule has 2 aromatic carbocycles. The number of fused-ring (bicyclic) bond motifs is 1. The van der Waals surface area contributed by atoms with Gasteiger partial charge in [-0.25, -0.2) is 4.79 Å². The molecule has 0 amide bonds. The van der Waals surface area contributed by atoms with Crippen LogP contribution in [0.5, 0.6) is 0 Å². The minimum Gasteiger partial charge on any atom is -0.318 e. The summed E-state index contributed by atoms with van der Waals surface area (Å²) in [5.41, 5.74) is 2.58. The van der Waals surface area contributed by atoms with E-state index in [1.54, 1.807) is 19.1 Å². The van der Waals surface area contributed by atoms with Gasteiger partial charge in [0.15, 0.2) is 0 Å². The Morgan fingerprint density at radius 2 is 1.71 bits per heavy atom. The maximum absolute atomic E-state index is 13.0. The van der Waals surface area contributed by atoms with Gasteiger partial charge in [-0.3, -0.25) is 14.9 Å². The fraction of sp³-hybridized carbons (Fsp3) is 0.150. The standard InChI is InChI=1S/C20H17N3O5/c1-12(21-28-14(3)24)20(25)19-13(2)22(18-7-5-4-6-17(18)19)15-8-10-16(11-9-15)23(26)27/h4-11H,1-3H3/b21-12+. The van der Waals surface area contributed by atoms with Crippen molar-refractivity contribution in [2.45, 2.75) is 20.8 Å². The monoisotopic (exact) mass is 379 g/mol. The van der Waals surface area contributed by atoms with E-state index in [-0.39, 0.29) is 17.2 Å². The van der Waals surface area contributed by atoms with Crippen LogP contribution in [0.4, 0.5) is 5.69 Å². The van der Waals surface area contributed by atoms with Crippen LogP contribution in [0.1, 0.15) is 29.9 Å². The van der Waals surface area contributed by atoms with E-state index < -0.39 is 10.9 Å². The van der Waals surface area contributed by atoms with Gasteiger partial charge in [-0.15, -0.1) is 0 Å². The second-order valence-corrected chi connectivity index (χ2v) is 6.18. The Balaban J connectivity index is 2.17. The van der Waals surface area contributed by atoms with Crippen LogP contribution in [0.3, 0.4) is 0 Å². The Hall–Kier alpha value is -3.81. The molecule has 3 aromatic rings. The predicted octanol–water partition coefficient (Wildman–Crippen LogP) is 3.97. The van der Waals surface area contributed by atoms with Gasteiger partial charge in [0, 0.05) is 35.8 Å². The molecule has 0 unspecified atom stereocenters. The van der Waals surface area contributed by atoms with Crippen LogP contribution in [0.25, 0.3) is 16.6 Å². The molecular weight excluding hydrogens is 362 g/mol. The maximum Gasteiger partial charge on any atom is 0.331 e. The molecular formula is C20H17N3O5. The van der Waals surface area contributed by atoms with E-state index >= 15 is 0 Å². The molecule has 8 heteroatoms. The minimum atomic E-state index is -0.614. The van der Waals surface area contributed by atoms with Gasteiger partial charge < -0.3 is 9.40 Å². The summed E-state index contributed by atoms with van der Waals surface area (Å²) in [4.78, 5) is 38.9. The predicted molar refractivity (Wildman–Crippen MR) is 104 cm³/mol. The number of ketones is 1. The first-order valence-corrected chi connectivity index (χ1v) is 8.43. The number of benzene rings is 2. The molecule has 0 aliphatic carbocycles. The second-order valence-electron chi connectivity index (χ2n) is 6.18. The highest BCUT2D eigenvalue weighted by Crippen LogP contribution is 2.30. The van der Waals surface area contributed by atoms with Crippen LogP contribution in [-0.2, 0) is 9.63 Å². The summed E-state index contributed by atoms with van der Waals surface area (Å²) >= 11 is 0. The van der Waals surface area contributed by atoms with Crippen LogP contribution in [0, 0.1) is 17.0 Å². The normalized spacial score (nSPS) is 11.5. The number of Topliss-reactive ketones (excluding diaryl/α,β-unsaturated/α-hetero) is 1. The zero-order valence-electron chi connectivity index (χ0n) is 15.5. The zero-order valence-corrected chi connectivity index (χ0v) is 15.5. The highest BCUT2D eigenvalue weighted by molar-refractivity contribution is 6.47. The first-order valence-electron chi connectivity index (χ1n) is 8.43. The fourth-order valence-corrected chi connectivity index (χ4v) is 3.07. The van der Waals surface area contributed by atoms with E-state index in [1.807, 2.05) is 28.8 Å². The Labute approximate surface area is 160 Å². The van der Waals surface area contributed by atoms with Crippen LogP contribution in [-0.4, -0.2) is 27.0 Å². The summed E-state index contributed by atoms with van der Waals surface area (Å²) in [5.74, 6) is -0.979. The summed E-state index contributed by atoms with van der Waals surface area (Å²) in [5, 5.41) is 15.2. The van der Waals surface area contributed by atoms with E-state index in [0.29, 0.717) is 22.3 Å². The van der Waals surface area contributed by atoms with Gasteiger partial charge in [0.1, 0.15) is 5.71 Å². The van der Waals surface area contributed by atoms with Gasteiger partial charge in [-0.05, 0) is 32.0 Å². The molecule has 0 atom stereocenters. The van der Waals surface area contributed by atoms with Crippen molar-refractivity contribution in [3.8, 4) is 5.69 Å². The lowest BCUT2D eigenvalue weighted by molar-refractivity contribution is -0.384. The zero-order chi connectivity index (χ0) is 20.4.